The van der Waals surface area contributed by atoms with Gasteiger partial charge in [0.1, 0.15) is 0 Å². The van der Waals surface area contributed by atoms with Crippen molar-refractivity contribution >= 4 is 0 Å². The van der Waals surface area contributed by atoms with E-state index in [4.69, 9.17) is 11.5 Å². The molecule has 2 aliphatic rings. The Kier molecular flexibility index (Phi) is 7.41. The molecule has 0 saturated heterocycles. The van der Waals surface area contributed by atoms with Crippen LogP contribution in [0.15, 0.2) is 0 Å². The third-order valence-electron chi connectivity index (χ3n) is 7.49. The summed E-state index contributed by atoms with van der Waals surface area (Å²) in [5.41, 5.74) is 13.1. The first-order valence-corrected chi connectivity index (χ1v) is 10.5. The van der Waals surface area contributed by atoms with Crippen LogP contribution in [0.2, 0.25) is 0 Å². The summed E-state index contributed by atoms with van der Waals surface area (Å²) in [6.45, 7) is 9.33. The van der Waals surface area contributed by atoms with Crippen LogP contribution < -0.4 is 11.5 Å². The molecule has 2 saturated carbocycles. The number of nitrogens with two attached hydrogens (primary N) is 2. The van der Waals surface area contributed by atoms with Crippen LogP contribution in [0.1, 0.15) is 85.5 Å². The Morgan fingerprint density at radius 1 is 0.565 bits per heavy atom. The molecule has 0 aliphatic heterocycles. The van der Waals surface area contributed by atoms with Gasteiger partial charge in [0.15, 0.2) is 0 Å². The predicted octanol–water partition coefficient (Wildman–Crippen LogP) is 4.96. The summed E-state index contributed by atoms with van der Waals surface area (Å²) < 4.78 is 0. The zero-order valence-electron chi connectivity index (χ0n) is 16.1. The van der Waals surface area contributed by atoms with E-state index < -0.39 is 0 Å². The van der Waals surface area contributed by atoms with Gasteiger partial charge in [0.05, 0.1) is 0 Å². The Hall–Kier alpha value is -0.0800. The van der Waals surface area contributed by atoms with Gasteiger partial charge in [-0.15, -0.1) is 0 Å². The molecule has 136 valence electrons. The van der Waals surface area contributed by atoms with E-state index in [2.05, 4.69) is 27.7 Å². The highest BCUT2D eigenvalue weighted by atomic mass is 14.7. The molecule has 4 N–H and O–H groups in total. The lowest BCUT2D eigenvalue weighted by Crippen LogP contribution is -2.45. The Morgan fingerprint density at radius 2 is 0.826 bits per heavy atom. The van der Waals surface area contributed by atoms with Gasteiger partial charge in [-0.3, -0.25) is 0 Å². The minimum Gasteiger partial charge on any atom is -0.327 e. The molecule has 0 heterocycles. The van der Waals surface area contributed by atoms with E-state index >= 15 is 0 Å². The summed E-state index contributed by atoms with van der Waals surface area (Å²) >= 11 is 0. The van der Waals surface area contributed by atoms with Gasteiger partial charge in [-0.2, -0.15) is 0 Å². The van der Waals surface area contributed by atoms with Crippen molar-refractivity contribution in [3.63, 3.8) is 0 Å². The van der Waals surface area contributed by atoms with Gasteiger partial charge in [0, 0.05) is 12.1 Å². The van der Waals surface area contributed by atoms with E-state index in [-0.39, 0.29) is 0 Å². The third-order valence-corrected chi connectivity index (χ3v) is 7.49. The van der Waals surface area contributed by atoms with Crippen molar-refractivity contribution in [3.05, 3.63) is 0 Å². The van der Waals surface area contributed by atoms with E-state index in [1.165, 1.54) is 57.8 Å². The summed E-state index contributed by atoms with van der Waals surface area (Å²) in [7, 11) is 0. The summed E-state index contributed by atoms with van der Waals surface area (Å²) in [4.78, 5) is 0. The molecule has 0 radical (unpaired) electrons. The average Bonchev–Trinajstić information content (AvgIpc) is 2.57. The monoisotopic (exact) mass is 322 g/mol. The van der Waals surface area contributed by atoms with E-state index in [1.54, 1.807) is 0 Å². The molecule has 2 aliphatic carbocycles. The SMILES string of the molecule is CCC1CC(CC2CC(CC)C(N)C(CC)C2)CC(CC)C1N. The van der Waals surface area contributed by atoms with E-state index in [9.17, 15) is 0 Å². The minimum atomic E-state index is 0.452. The van der Waals surface area contributed by atoms with Crippen molar-refractivity contribution in [2.45, 2.75) is 97.6 Å². The van der Waals surface area contributed by atoms with Gasteiger partial charge in [0.2, 0.25) is 0 Å². The maximum absolute atomic E-state index is 6.53. The average molecular weight is 323 g/mol. The minimum absolute atomic E-state index is 0.452. The third kappa shape index (κ3) is 4.51. The van der Waals surface area contributed by atoms with Crippen LogP contribution in [0.4, 0.5) is 0 Å². The highest BCUT2D eigenvalue weighted by Gasteiger charge is 2.38. The normalized spacial score (nSPS) is 45.1. The van der Waals surface area contributed by atoms with Gasteiger partial charge in [0.25, 0.3) is 0 Å². The molecule has 2 nitrogen and oxygen atoms in total. The maximum Gasteiger partial charge on any atom is 0.00956 e. The van der Waals surface area contributed by atoms with Gasteiger partial charge >= 0.3 is 0 Å². The molecule has 2 heteroatoms. The molecule has 2 rings (SSSR count). The molecule has 0 bridgehead atoms. The van der Waals surface area contributed by atoms with Crippen LogP contribution in [0.5, 0.6) is 0 Å². The number of rotatable bonds is 6. The molecule has 0 amide bonds. The molecule has 0 spiro atoms. The summed E-state index contributed by atoms with van der Waals surface area (Å²) in [6.07, 6.45) is 12.0. The second kappa shape index (κ2) is 8.85. The van der Waals surface area contributed by atoms with Crippen LogP contribution in [0.25, 0.3) is 0 Å². The Bertz CT molecular complexity index is 283. The van der Waals surface area contributed by atoms with Crippen LogP contribution in [-0.2, 0) is 0 Å². The lowest BCUT2D eigenvalue weighted by molar-refractivity contribution is 0.0941. The Labute approximate surface area is 145 Å². The predicted molar refractivity (Wildman–Crippen MR) is 101 cm³/mol. The van der Waals surface area contributed by atoms with Gasteiger partial charge in [-0.25, -0.2) is 0 Å². The summed E-state index contributed by atoms with van der Waals surface area (Å²) in [6, 6.07) is 0.903. The summed E-state index contributed by atoms with van der Waals surface area (Å²) in [5, 5.41) is 0. The van der Waals surface area contributed by atoms with Crippen molar-refractivity contribution in [2.75, 3.05) is 0 Å². The second-order valence-electron chi connectivity index (χ2n) is 8.74. The van der Waals surface area contributed by atoms with Gasteiger partial charge < -0.3 is 11.5 Å². The first-order valence-electron chi connectivity index (χ1n) is 10.5. The molecule has 2 fully saturated rings. The molecule has 4 atom stereocenters. The van der Waals surface area contributed by atoms with Crippen LogP contribution >= 0.6 is 0 Å². The van der Waals surface area contributed by atoms with Gasteiger partial charge in [-0.1, -0.05) is 53.4 Å². The largest absolute Gasteiger partial charge is 0.327 e. The molecular formula is C21H42N2. The quantitative estimate of drug-likeness (QED) is 0.726. The fourth-order valence-corrected chi connectivity index (χ4v) is 5.92. The maximum atomic E-state index is 6.53. The smallest absolute Gasteiger partial charge is 0.00956 e. The molecule has 0 aromatic carbocycles. The summed E-state index contributed by atoms with van der Waals surface area (Å²) in [5.74, 6) is 4.86. The lowest BCUT2D eigenvalue weighted by atomic mass is 9.64. The van der Waals surface area contributed by atoms with E-state index in [1.807, 2.05) is 0 Å². The highest BCUT2D eigenvalue weighted by Crippen LogP contribution is 2.44. The second-order valence-corrected chi connectivity index (χ2v) is 8.74. The topological polar surface area (TPSA) is 52.0 Å². The first kappa shape index (κ1) is 19.2. The molecule has 0 aromatic heterocycles. The fourth-order valence-electron chi connectivity index (χ4n) is 5.92. The van der Waals surface area contributed by atoms with Crippen LogP contribution in [-0.4, -0.2) is 12.1 Å². The van der Waals surface area contributed by atoms with Crippen molar-refractivity contribution < 1.29 is 0 Å². The van der Waals surface area contributed by atoms with Crippen LogP contribution in [0.3, 0.4) is 0 Å². The standard InChI is InChI=1S/C21H42N2/c1-5-16-10-14(11-17(6-2)20(16)22)9-15-12-18(7-3)21(23)19(8-4)13-15/h14-21H,5-13,22-23H2,1-4H3. The zero-order valence-corrected chi connectivity index (χ0v) is 16.1. The fraction of sp³-hybridized carbons (Fsp3) is 1.00. The van der Waals surface area contributed by atoms with Crippen molar-refractivity contribution in [3.8, 4) is 0 Å². The molecule has 4 unspecified atom stereocenters. The first-order chi connectivity index (χ1) is 11.0. The Balaban J connectivity index is 1.97. The lowest BCUT2D eigenvalue weighted by Gasteiger charge is -2.44. The van der Waals surface area contributed by atoms with Gasteiger partial charge in [-0.05, 0) is 67.6 Å². The Morgan fingerprint density at radius 3 is 1.04 bits per heavy atom. The van der Waals surface area contributed by atoms with Crippen molar-refractivity contribution in [1.82, 2.24) is 0 Å². The number of hydrogen-bond acceptors (Lipinski definition) is 2. The van der Waals surface area contributed by atoms with Crippen molar-refractivity contribution in [2.24, 2.45) is 47.0 Å². The molecule has 0 aromatic rings. The highest BCUT2D eigenvalue weighted by molar-refractivity contribution is 4.92. The van der Waals surface area contributed by atoms with E-state index in [0.29, 0.717) is 12.1 Å². The van der Waals surface area contributed by atoms with Crippen LogP contribution in [0, 0.1) is 35.5 Å². The molecule has 23 heavy (non-hydrogen) atoms. The molecular weight excluding hydrogens is 280 g/mol. The van der Waals surface area contributed by atoms with E-state index in [0.717, 1.165) is 35.5 Å². The zero-order chi connectivity index (χ0) is 17.0. The van der Waals surface area contributed by atoms with Crippen molar-refractivity contribution in [1.29, 1.82) is 0 Å². The number of hydrogen-bond donors (Lipinski definition) is 2.